The summed E-state index contributed by atoms with van der Waals surface area (Å²) in [5.74, 6) is 0.0901. The van der Waals surface area contributed by atoms with Gasteiger partial charge in [-0.05, 0) is 18.4 Å². The van der Waals surface area contributed by atoms with Crippen LogP contribution in [0.5, 0.6) is 0 Å². The van der Waals surface area contributed by atoms with E-state index in [0.717, 1.165) is 19.4 Å². The maximum Gasteiger partial charge on any atom is 0.220 e. The highest BCUT2D eigenvalue weighted by molar-refractivity contribution is 6.30. The highest BCUT2D eigenvalue weighted by Gasteiger charge is 2.02. The van der Waals surface area contributed by atoms with Crippen LogP contribution in [0.15, 0.2) is 42.7 Å². The number of hydrogen-bond donors (Lipinski definition) is 1. The van der Waals surface area contributed by atoms with Crippen molar-refractivity contribution in [3.05, 3.63) is 53.3 Å². The second-order valence-electron chi connectivity index (χ2n) is 4.61. The molecule has 106 valence electrons. The van der Waals surface area contributed by atoms with Crippen LogP contribution in [0, 0.1) is 0 Å². The Morgan fingerprint density at radius 2 is 2.10 bits per heavy atom. The molecule has 4 nitrogen and oxygen atoms in total. The highest BCUT2D eigenvalue weighted by atomic mass is 35.5. The summed E-state index contributed by atoms with van der Waals surface area (Å²) in [4.78, 5) is 11.7. The number of benzene rings is 1. The summed E-state index contributed by atoms with van der Waals surface area (Å²) in [5, 5.41) is 7.63. The molecule has 0 saturated carbocycles. The molecule has 0 radical (unpaired) electrons. The van der Waals surface area contributed by atoms with E-state index in [2.05, 4.69) is 10.4 Å². The number of nitrogens with one attached hydrogen (secondary N) is 1. The first-order valence-corrected chi connectivity index (χ1v) is 7.10. The molecule has 1 heterocycles. The van der Waals surface area contributed by atoms with E-state index in [-0.39, 0.29) is 5.91 Å². The molecule has 2 aromatic rings. The van der Waals surface area contributed by atoms with Gasteiger partial charge in [0.25, 0.3) is 0 Å². The summed E-state index contributed by atoms with van der Waals surface area (Å²) in [7, 11) is 0. The van der Waals surface area contributed by atoms with E-state index in [1.807, 2.05) is 30.3 Å². The minimum Gasteiger partial charge on any atom is -0.356 e. The normalized spacial score (nSPS) is 10.4. The minimum atomic E-state index is 0.0901. The first kappa shape index (κ1) is 14.6. The van der Waals surface area contributed by atoms with Crippen molar-refractivity contribution < 1.29 is 4.79 Å². The summed E-state index contributed by atoms with van der Waals surface area (Å²) >= 11 is 5.77. The van der Waals surface area contributed by atoms with E-state index in [1.54, 1.807) is 17.1 Å². The largest absolute Gasteiger partial charge is 0.356 e. The predicted octanol–water partition coefficient (Wildman–Crippen LogP) is 2.68. The van der Waals surface area contributed by atoms with Gasteiger partial charge in [-0.1, -0.05) is 41.9 Å². The van der Waals surface area contributed by atoms with Gasteiger partial charge in [0.05, 0.1) is 11.2 Å². The predicted molar refractivity (Wildman–Crippen MR) is 79.6 cm³/mol. The summed E-state index contributed by atoms with van der Waals surface area (Å²) in [6.07, 6.45) is 5.53. The number of carbonyl (C=O) groups is 1. The maximum absolute atomic E-state index is 11.7. The Balaban J connectivity index is 1.58. The molecule has 1 amide bonds. The Bertz CT molecular complexity index is 539. The average molecular weight is 292 g/mol. The van der Waals surface area contributed by atoms with E-state index < -0.39 is 0 Å². The Labute approximate surface area is 123 Å². The molecular weight excluding hydrogens is 274 g/mol. The molecule has 0 aliphatic rings. The van der Waals surface area contributed by atoms with Crippen LogP contribution in [-0.4, -0.2) is 22.2 Å². The van der Waals surface area contributed by atoms with Crippen LogP contribution < -0.4 is 5.32 Å². The van der Waals surface area contributed by atoms with Crippen LogP contribution in [0.4, 0.5) is 0 Å². The zero-order valence-corrected chi connectivity index (χ0v) is 12.0. The topological polar surface area (TPSA) is 46.9 Å². The number of rotatable bonds is 7. The molecule has 1 N–H and O–H groups in total. The molecule has 0 spiro atoms. The average Bonchev–Trinajstić information content (AvgIpc) is 2.88. The fraction of sp³-hybridized carbons (Fsp3) is 0.333. The maximum atomic E-state index is 11.7. The third kappa shape index (κ3) is 5.05. The van der Waals surface area contributed by atoms with Crippen LogP contribution in [0.1, 0.15) is 18.4 Å². The second kappa shape index (κ2) is 7.70. The van der Waals surface area contributed by atoms with Crippen molar-refractivity contribution in [2.45, 2.75) is 25.8 Å². The molecule has 0 unspecified atom stereocenters. The van der Waals surface area contributed by atoms with Gasteiger partial charge in [0, 0.05) is 25.7 Å². The molecule has 0 aliphatic carbocycles. The first-order valence-electron chi connectivity index (χ1n) is 6.72. The molecule has 20 heavy (non-hydrogen) atoms. The Kier molecular flexibility index (Phi) is 5.62. The number of aromatic nitrogens is 2. The first-order chi connectivity index (χ1) is 9.74. The number of nitrogens with zero attached hydrogens (tertiary/aromatic N) is 2. The molecule has 0 saturated heterocycles. The quantitative estimate of drug-likeness (QED) is 0.797. The van der Waals surface area contributed by atoms with Gasteiger partial charge in [-0.15, -0.1) is 0 Å². The molecule has 0 bridgehead atoms. The third-order valence-electron chi connectivity index (χ3n) is 2.97. The lowest BCUT2D eigenvalue weighted by Gasteiger charge is -2.05. The summed E-state index contributed by atoms with van der Waals surface area (Å²) in [5.41, 5.74) is 1.19. The van der Waals surface area contributed by atoms with Gasteiger partial charge < -0.3 is 5.32 Å². The van der Waals surface area contributed by atoms with Crippen molar-refractivity contribution in [2.24, 2.45) is 0 Å². The van der Waals surface area contributed by atoms with Crippen molar-refractivity contribution in [3.63, 3.8) is 0 Å². The van der Waals surface area contributed by atoms with Crippen molar-refractivity contribution >= 4 is 17.5 Å². The van der Waals surface area contributed by atoms with Crippen LogP contribution in [0.3, 0.4) is 0 Å². The van der Waals surface area contributed by atoms with E-state index in [4.69, 9.17) is 11.6 Å². The zero-order valence-electron chi connectivity index (χ0n) is 11.3. The number of aryl methyl sites for hydroxylation is 2. The molecule has 0 fully saturated rings. The monoisotopic (exact) mass is 291 g/mol. The number of amides is 1. The Morgan fingerprint density at radius 3 is 2.80 bits per heavy atom. The fourth-order valence-electron chi connectivity index (χ4n) is 1.92. The lowest BCUT2D eigenvalue weighted by molar-refractivity contribution is -0.121. The third-order valence-corrected chi connectivity index (χ3v) is 3.17. The van der Waals surface area contributed by atoms with Gasteiger partial charge in [0.1, 0.15) is 0 Å². The molecule has 5 heteroatoms. The van der Waals surface area contributed by atoms with Gasteiger partial charge in [0.2, 0.25) is 5.91 Å². The van der Waals surface area contributed by atoms with Crippen molar-refractivity contribution in [2.75, 3.05) is 6.54 Å². The van der Waals surface area contributed by atoms with Crippen molar-refractivity contribution in [3.8, 4) is 0 Å². The van der Waals surface area contributed by atoms with Gasteiger partial charge in [-0.3, -0.25) is 9.48 Å². The number of hydrogen-bond acceptors (Lipinski definition) is 2. The molecule has 0 atom stereocenters. The summed E-state index contributed by atoms with van der Waals surface area (Å²) in [6, 6.07) is 10.0. The fourth-order valence-corrected chi connectivity index (χ4v) is 2.08. The van der Waals surface area contributed by atoms with Crippen molar-refractivity contribution in [1.29, 1.82) is 0 Å². The summed E-state index contributed by atoms with van der Waals surface area (Å²) in [6.45, 7) is 1.41. The van der Waals surface area contributed by atoms with Gasteiger partial charge in [-0.25, -0.2) is 0 Å². The second-order valence-corrected chi connectivity index (χ2v) is 5.05. The molecule has 1 aromatic heterocycles. The molecule has 1 aromatic carbocycles. The Morgan fingerprint density at radius 1 is 1.30 bits per heavy atom. The van der Waals surface area contributed by atoms with Gasteiger partial charge >= 0.3 is 0 Å². The van der Waals surface area contributed by atoms with E-state index in [0.29, 0.717) is 18.0 Å². The van der Waals surface area contributed by atoms with E-state index in [1.165, 1.54) is 5.56 Å². The zero-order chi connectivity index (χ0) is 14.2. The Hall–Kier alpha value is -1.81. The lowest BCUT2D eigenvalue weighted by Crippen LogP contribution is -2.25. The molecule has 0 aliphatic heterocycles. The summed E-state index contributed by atoms with van der Waals surface area (Å²) < 4.78 is 1.78. The van der Waals surface area contributed by atoms with E-state index in [9.17, 15) is 4.79 Å². The smallest absolute Gasteiger partial charge is 0.220 e. The SMILES string of the molecule is O=C(CCc1ccccc1)NCCCn1cc(Cl)cn1. The highest BCUT2D eigenvalue weighted by Crippen LogP contribution is 2.05. The van der Waals surface area contributed by atoms with Gasteiger partial charge in [-0.2, -0.15) is 5.10 Å². The van der Waals surface area contributed by atoms with Crippen LogP contribution in [0.2, 0.25) is 5.02 Å². The van der Waals surface area contributed by atoms with Crippen molar-refractivity contribution in [1.82, 2.24) is 15.1 Å². The number of carbonyl (C=O) groups excluding carboxylic acids is 1. The molecule has 2 rings (SSSR count). The van der Waals surface area contributed by atoms with Crippen LogP contribution >= 0.6 is 11.6 Å². The van der Waals surface area contributed by atoms with E-state index >= 15 is 0 Å². The lowest BCUT2D eigenvalue weighted by atomic mass is 10.1. The van der Waals surface area contributed by atoms with Crippen LogP contribution in [-0.2, 0) is 17.8 Å². The molecular formula is C15H18ClN3O. The minimum absolute atomic E-state index is 0.0901. The van der Waals surface area contributed by atoms with Gasteiger partial charge in [0.15, 0.2) is 0 Å². The standard InChI is InChI=1S/C15H18ClN3O/c16-14-11-18-19(12-14)10-4-9-17-15(20)8-7-13-5-2-1-3-6-13/h1-3,5-6,11-12H,4,7-10H2,(H,17,20). The number of halogens is 1. The van der Waals surface area contributed by atoms with Crippen LogP contribution in [0.25, 0.3) is 0 Å².